The van der Waals surface area contributed by atoms with E-state index in [2.05, 4.69) is 5.32 Å². The number of thiophene rings is 1. The molecule has 0 aliphatic carbocycles. The molecular formula is C15H17NO2S. The maximum absolute atomic E-state index is 12.2. The molecule has 0 aliphatic heterocycles. The van der Waals surface area contributed by atoms with Crippen LogP contribution in [0.25, 0.3) is 11.1 Å². The quantitative estimate of drug-likeness (QED) is 0.881. The third kappa shape index (κ3) is 3.22. The Balaban J connectivity index is 2.23. The van der Waals surface area contributed by atoms with Crippen molar-refractivity contribution in [2.45, 2.75) is 19.4 Å². The lowest BCUT2D eigenvalue weighted by atomic mass is 10.1. The molecule has 0 radical (unpaired) electrons. The van der Waals surface area contributed by atoms with Gasteiger partial charge in [0.05, 0.1) is 17.5 Å². The second kappa shape index (κ2) is 6.50. The zero-order chi connectivity index (χ0) is 13.7. The van der Waals surface area contributed by atoms with Crippen LogP contribution < -0.4 is 5.32 Å². The fourth-order valence-corrected chi connectivity index (χ4v) is 2.68. The third-order valence-corrected chi connectivity index (χ3v) is 3.92. The number of hydrogen-bond donors (Lipinski definition) is 2. The van der Waals surface area contributed by atoms with Gasteiger partial charge in [-0.1, -0.05) is 37.3 Å². The van der Waals surface area contributed by atoms with Crippen LogP contribution in [0.1, 0.15) is 23.0 Å². The highest BCUT2D eigenvalue weighted by molar-refractivity contribution is 7.12. The van der Waals surface area contributed by atoms with Gasteiger partial charge in [-0.15, -0.1) is 11.3 Å². The fraction of sp³-hybridized carbons (Fsp3) is 0.267. The second-order valence-electron chi connectivity index (χ2n) is 4.29. The standard InChI is InChI=1S/C15H17NO2S/c1-2-12(10-17)16-15(18)14-13(8-9-19-14)11-6-4-3-5-7-11/h3-9,12,17H,2,10H2,1H3,(H,16,18)/t12-/m0/s1. The molecule has 0 spiro atoms. The molecule has 0 fully saturated rings. The van der Waals surface area contributed by atoms with E-state index in [1.165, 1.54) is 11.3 Å². The van der Waals surface area contributed by atoms with Gasteiger partial charge < -0.3 is 10.4 Å². The smallest absolute Gasteiger partial charge is 0.262 e. The van der Waals surface area contributed by atoms with Gasteiger partial charge in [-0.2, -0.15) is 0 Å². The molecule has 2 aromatic rings. The molecule has 2 N–H and O–H groups in total. The van der Waals surface area contributed by atoms with E-state index in [1.54, 1.807) is 0 Å². The molecule has 1 heterocycles. The zero-order valence-corrected chi connectivity index (χ0v) is 11.6. The molecule has 0 aliphatic rings. The van der Waals surface area contributed by atoms with Crippen molar-refractivity contribution in [3.63, 3.8) is 0 Å². The summed E-state index contributed by atoms with van der Waals surface area (Å²) in [6.45, 7) is 1.90. The Morgan fingerprint density at radius 1 is 1.32 bits per heavy atom. The molecule has 3 nitrogen and oxygen atoms in total. The Morgan fingerprint density at radius 2 is 2.05 bits per heavy atom. The topological polar surface area (TPSA) is 49.3 Å². The van der Waals surface area contributed by atoms with E-state index in [-0.39, 0.29) is 18.6 Å². The van der Waals surface area contributed by atoms with Gasteiger partial charge in [-0.3, -0.25) is 4.79 Å². The predicted molar refractivity (Wildman–Crippen MR) is 78.4 cm³/mol. The van der Waals surface area contributed by atoms with E-state index in [1.807, 2.05) is 48.7 Å². The summed E-state index contributed by atoms with van der Waals surface area (Å²) in [6.07, 6.45) is 0.717. The number of benzene rings is 1. The van der Waals surface area contributed by atoms with Crippen LogP contribution in [0.3, 0.4) is 0 Å². The Kier molecular flexibility index (Phi) is 4.71. The van der Waals surface area contributed by atoms with Gasteiger partial charge >= 0.3 is 0 Å². The van der Waals surface area contributed by atoms with E-state index in [4.69, 9.17) is 5.11 Å². The van der Waals surface area contributed by atoms with Crippen molar-refractivity contribution in [2.75, 3.05) is 6.61 Å². The maximum Gasteiger partial charge on any atom is 0.262 e. The molecule has 4 heteroatoms. The number of hydrogen-bond acceptors (Lipinski definition) is 3. The molecule has 1 amide bonds. The molecule has 0 saturated carbocycles. The van der Waals surface area contributed by atoms with Crippen molar-refractivity contribution in [3.05, 3.63) is 46.7 Å². The third-order valence-electron chi connectivity index (χ3n) is 3.00. The average molecular weight is 275 g/mol. The van der Waals surface area contributed by atoms with Crippen molar-refractivity contribution in [3.8, 4) is 11.1 Å². The van der Waals surface area contributed by atoms with Gasteiger partial charge in [-0.25, -0.2) is 0 Å². The van der Waals surface area contributed by atoms with E-state index in [9.17, 15) is 4.79 Å². The average Bonchev–Trinajstić information content (AvgIpc) is 2.95. The number of carbonyl (C=O) groups is 1. The lowest BCUT2D eigenvalue weighted by molar-refractivity contribution is 0.0919. The Hall–Kier alpha value is -1.65. The predicted octanol–water partition coefficient (Wildman–Crippen LogP) is 2.92. The lowest BCUT2D eigenvalue weighted by Crippen LogP contribution is -2.36. The minimum Gasteiger partial charge on any atom is -0.394 e. The summed E-state index contributed by atoms with van der Waals surface area (Å²) in [5.74, 6) is -0.116. The Morgan fingerprint density at radius 3 is 2.68 bits per heavy atom. The molecule has 0 saturated heterocycles. The van der Waals surface area contributed by atoms with Gasteiger partial charge in [0.25, 0.3) is 5.91 Å². The van der Waals surface area contributed by atoms with Gasteiger partial charge in [0.1, 0.15) is 0 Å². The highest BCUT2D eigenvalue weighted by atomic mass is 32.1. The van der Waals surface area contributed by atoms with Crippen LogP contribution in [0.5, 0.6) is 0 Å². The monoisotopic (exact) mass is 275 g/mol. The number of nitrogens with one attached hydrogen (secondary N) is 1. The zero-order valence-electron chi connectivity index (χ0n) is 10.8. The Bertz CT molecular complexity index is 532. The fourth-order valence-electron chi connectivity index (χ4n) is 1.86. The van der Waals surface area contributed by atoms with E-state index < -0.39 is 0 Å². The summed E-state index contributed by atoms with van der Waals surface area (Å²) >= 11 is 1.42. The first-order chi connectivity index (χ1) is 9.26. The number of carbonyl (C=O) groups excluding carboxylic acids is 1. The molecule has 1 aromatic carbocycles. The highest BCUT2D eigenvalue weighted by Gasteiger charge is 2.17. The first-order valence-electron chi connectivity index (χ1n) is 6.31. The van der Waals surface area contributed by atoms with Crippen LogP contribution in [0.2, 0.25) is 0 Å². The molecule has 19 heavy (non-hydrogen) atoms. The summed E-state index contributed by atoms with van der Waals surface area (Å²) in [6, 6.07) is 11.6. The van der Waals surface area contributed by atoms with Crippen molar-refractivity contribution >= 4 is 17.2 Å². The van der Waals surface area contributed by atoms with Crippen LogP contribution in [-0.4, -0.2) is 23.7 Å². The van der Waals surface area contributed by atoms with Gasteiger partial charge in [-0.05, 0) is 23.4 Å². The minimum atomic E-state index is -0.182. The second-order valence-corrected chi connectivity index (χ2v) is 5.21. The highest BCUT2D eigenvalue weighted by Crippen LogP contribution is 2.28. The van der Waals surface area contributed by atoms with Crippen molar-refractivity contribution < 1.29 is 9.90 Å². The molecular weight excluding hydrogens is 258 g/mol. The van der Waals surface area contributed by atoms with Gasteiger partial charge in [0.2, 0.25) is 0 Å². The summed E-state index contributed by atoms with van der Waals surface area (Å²) in [7, 11) is 0. The van der Waals surface area contributed by atoms with Crippen LogP contribution >= 0.6 is 11.3 Å². The number of rotatable bonds is 5. The normalized spacial score (nSPS) is 12.1. The van der Waals surface area contributed by atoms with E-state index in [0.717, 1.165) is 11.1 Å². The first kappa shape index (κ1) is 13.8. The molecule has 2 rings (SSSR count). The van der Waals surface area contributed by atoms with E-state index >= 15 is 0 Å². The summed E-state index contributed by atoms with van der Waals surface area (Å²) < 4.78 is 0. The largest absolute Gasteiger partial charge is 0.394 e. The SMILES string of the molecule is CC[C@@H](CO)NC(=O)c1sccc1-c1ccccc1. The molecule has 1 atom stereocenters. The summed E-state index contributed by atoms with van der Waals surface area (Å²) in [5, 5.41) is 13.9. The molecule has 1 aromatic heterocycles. The summed E-state index contributed by atoms with van der Waals surface area (Å²) in [4.78, 5) is 12.9. The summed E-state index contributed by atoms with van der Waals surface area (Å²) in [5.41, 5.74) is 1.97. The van der Waals surface area contributed by atoms with Gasteiger partial charge in [0, 0.05) is 5.56 Å². The molecule has 100 valence electrons. The van der Waals surface area contributed by atoms with Crippen LogP contribution in [0, 0.1) is 0 Å². The number of aliphatic hydroxyl groups is 1. The first-order valence-corrected chi connectivity index (χ1v) is 7.18. The van der Waals surface area contributed by atoms with E-state index in [0.29, 0.717) is 11.3 Å². The van der Waals surface area contributed by atoms with Crippen molar-refractivity contribution in [1.82, 2.24) is 5.32 Å². The maximum atomic E-state index is 12.2. The molecule has 0 bridgehead atoms. The van der Waals surface area contributed by atoms with Crippen molar-refractivity contribution in [2.24, 2.45) is 0 Å². The van der Waals surface area contributed by atoms with Crippen LogP contribution in [-0.2, 0) is 0 Å². The van der Waals surface area contributed by atoms with Gasteiger partial charge in [0.15, 0.2) is 0 Å². The van der Waals surface area contributed by atoms with Crippen LogP contribution in [0.15, 0.2) is 41.8 Å². The lowest BCUT2D eigenvalue weighted by Gasteiger charge is -2.14. The molecule has 0 unspecified atom stereocenters. The van der Waals surface area contributed by atoms with Crippen LogP contribution in [0.4, 0.5) is 0 Å². The number of aliphatic hydroxyl groups excluding tert-OH is 1. The minimum absolute atomic E-state index is 0.0334. The van der Waals surface area contributed by atoms with Crippen molar-refractivity contribution in [1.29, 1.82) is 0 Å². The number of amides is 1. The Labute approximate surface area is 116 Å².